The number of hydrogen-bond donors (Lipinski definition) is 2. The lowest BCUT2D eigenvalue weighted by molar-refractivity contribution is -0.123. The summed E-state index contributed by atoms with van der Waals surface area (Å²) in [5.41, 5.74) is 2.88. The number of amides is 2. The molecule has 0 heterocycles. The van der Waals surface area contributed by atoms with E-state index in [1.165, 1.54) is 0 Å². The van der Waals surface area contributed by atoms with Crippen LogP contribution < -0.4 is 10.6 Å². The number of nitrogens with zero attached hydrogens (tertiary/aromatic N) is 1. The molecule has 0 aliphatic carbocycles. The minimum Gasteiger partial charge on any atom is -0.348 e. The Morgan fingerprint density at radius 1 is 1.04 bits per heavy atom. The number of para-hydroxylation sites is 1. The number of benzene rings is 2. The van der Waals surface area contributed by atoms with E-state index in [0.29, 0.717) is 5.02 Å². The van der Waals surface area contributed by atoms with E-state index in [1.807, 2.05) is 50.2 Å². The maximum atomic E-state index is 12.3. The Balaban J connectivity index is 1.81. The first-order chi connectivity index (χ1) is 12.9. The van der Waals surface area contributed by atoms with Gasteiger partial charge in [0.2, 0.25) is 11.8 Å². The Morgan fingerprint density at radius 3 is 2.33 bits per heavy atom. The van der Waals surface area contributed by atoms with E-state index in [2.05, 4.69) is 10.6 Å². The fraction of sp³-hybridized carbons (Fsp3) is 0.333. The van der Waals surface area contributed by atoms with Crippen LogP contribution in [0.5, 0.6) is 0 Å². The van der Waals surface area contributed by atoms with Crippen LogP contribution in [0, 0.1) is 0 Å². The number of carbonyl (C=O) groups excluding carboxylic acids is 2. The van der Waals surface area contributed by atoms with Crippen molar-refractivity contribution in [3.8, 4) is 0 Å². The number of likely N-dealkylation sites (N-methyl/N-ethyl adjacent to an activating group) is 1. The number of nitrogens with one attached hydrogen (secondary N) is 2. The van der Waals surface area contributed by atoms with E-state index in [1.54, 1.807) is 24.1 Å². The van der Waals surface area contributed by atoms with Gasteiger partial charge < -0.3 is 10.6 Å². The third-order valence-electron chi connectivity index (χ3n) is 4.25. The van der Waals surface area contributed by atoms with Gasteiger partial charge in [-0.25, -0.2) is 0 Å². The van der Waals surface area contributed by atoms with Crippen LogP contribution in [0.25, 0.3) is 0 Å². The van der Waals surface area contributed by atoms with Gasteiger partial charge in [0.1, 0.15) is 0 Å². The molecule has 1 unspecified atom stereocenters. The summed E-state index contributed by atoms with van der Waals surface area (Å²) in [7, 11) is 1.75. The highest BCUT2D eigenvalue weighted by Crippen LogP contribution is 2.16. The van der Waals surface area contributed by atoms with Crippen molar-refractivity contribution < 1.29 is 9.59 Å². The van der Waals surface area contributed by atoms with Crippen molar-refractivity contribution in [1.82, 2.24) is 10.2 Å². The summed E-state index contributed by atoms with van der Waals surface area (Å²) in [6, 6.07) is 15.0. The summed E-state index contributed by atoms with van der Waals surface area (Å²) in [6.45, 7) is 4.24. The predicted molar refractivity (Wildman–Crippen MR) is 110 cm³/mol. The van der Waals surface area contributed by atoms with Crippen molar-refractivity contribution >= 4 is 29.1 Å². The number of aryl methyl sites for hydroxylation is 1. The number of rotatable bonds is 8. The lowest BCUT2D eigenvalue weighted by atomic mass is 10.1. The quantitative estimate of drug-likeness (QED) is 0.726. The van der Waals surface area contributed by atoms with E-state index in [9.17, 15) is 9.59 Å². The summed E-state index contributed by atoms with van der Waals surface area (Å²) in [4.78, 5) is 26.2. The number of carbonyl (C=O) groups is 2. The number of anilines is 1. The molecule has 0 saturated carbocycles. The van der Waals surface area contributed by atoms with Gasteiger partial charge in [0.25, 0.3) is 0 Å². The normalized spacial score (nSPS) is 11.9. The van der Waals surface area contributed by atoms with Crippen molar-refractivity contribution in [2.75, 3.05) is 25.5 Å². The lowest BCUT2D eigenvalue weighted by Gasteiger charge is -2.19. The molecule has 0 bridgehead atoms. The average molecular weight is 388 g/mol. The first-order valence-corrected chi connectivity index (χ1v) is 9.38. The molecule has 2 aromatic rings. The van der Waals surface area contributed by atoms with Gasteiger partial charge in [-0.05, 0) is 49.7 Å². The van der Waals surface area contributed by atoms with Gasteiger partial charge in [0, 0.05) is 10.7 Å². The Bertz CT molecular complexity index is 777. The second kappa shape index (κ2) is 10.1. The van der Waals surface area contributed by atoms with Crippen LogP contribution in [0.1, 0.15) is 31.0 Å². The molecule has 144 valence electrons. The fourth-order valence-corrected chi connectivity index (χ4v) is 2.93. The first kappa shape index (κ1) is 20.9. The summed E-state index contributed by atoms with van der Waals surface area (Å²) in [5, 5.41) is 6.50. The standard InChI is InChI=1S/C21H26ClN3O2/c1-4-16-7-5-6-8-19(16)24-21(27)14-25(3)13-20(26)23-15(2)17-9-11-18(22)12-10-17/h5-12,15H,4,13-14H2,1-3H3,(H,23,26)(H,24,27). The second-order valence-corrected chi connectivity index (χ2v) is 7.01. The molecular weight excluding hydrogens is 362 g/mol. The predicted octanol–water partition coefficient (Wildman–Crippen LogP) is 3.65. The van der Waals surface area contributed by atoms with Gasteiger partial charge in [0.15, 0.2) is 0 Å². The molecule has 0 aliphatic heterocycles. The zero-order valence-corrected chi connectivity index (χ0v) is 16.7. The summed E-state index contributed by atoms with van der Waals surface area (Å²) >= 11 is 5.88. The maximum Gasteiger partial charge on any atom is 0.238 e. The van der Waals surface area contributed by atoms with Crippen LogP contribution in [-0.2, 0) is 16.0 Å². The third kappa shape index (κ3) is 6.70. The highest BCUT2D eigenvalue weighted by molar-refractivity contribution is 6.30. The summed E-state index contributed by atoms with van der Waals surface area (Å²) < 4.78 is 0. The minimum absolute atomic E-state index is 0.131. The SMILES string of the molecule is CCc1ccccc1NC(=O)CN(C)CC(=O)NC(C)c1ccc(Cl)cc1. The molecule has 0 aromatic heterocycles. The van der Waals surface area contributed by atoms with Gasteiger partial charge in [-0.2, -0.15) is 0 Å². The van der Waals surface area contributed by atoms with Crippen molar-refractivity contribution in [2.24, 2.45) is 0 Å². The molecule has 0 saturated heterocycles. The summed E-state index contributed by atoms with van der Waals surface area (Å²) in [5.74, 6) is -0.279. The molecular formula is C21H26ClN3O2. The Kier molecular flexibility index (Phi) is 7.82. The Labute approximate surface area is 165 Å². The van der Waals surface area contributed by atoms with Crippen molar-refractivity contribution in [3.05, 3.63) is 64.7 Å². The first-order valence-electron chi connectivity index (χ1n) is 9.00. The molecule has 2 amide bonds. The van der Waals surface area contributed by atoms with E-state index in [4.69, 9.17) is 11.6 Å². The number of halogens is 1. The Morgan fingerprint density at radius 2 is 1.67 bits per heavy atom. The second-order valence-electron chi connectivity index (χ2n) is 6.57. The van der Waals surface area contributed by atoms with Gasteiger partial charge >= 0.3 is 0 Å². The molecule has 2 rings (SSSR count). The van der Waals surface area contributed by atoms with E-state index < -0.39 is 0 Å². The van der Waals surface area contributed by atoms with Crippen molar-refractivity contribution in [3.63, 3.8) is 0 Å². The zero-order valence-electron chi connectivity index (χ0n) is 16.0. The van der Waals surface area contributed by atoms with Crippen molar-refractivity contribution in [1.29, 1.82) is 0 Å². The van der Waals surface area contributed by atoms with Crippen LogP contribution >= 0.6 is 11.6 Å². The molecule has 0 spiro atoms. The highest BCUT2D eigenvalue weighted by Gasteiger charge is 2.14. The fourth-order valence-electron chi connectivity index (χ4n) is 2.81. The van der Waals surface area contributed by atoms with E-state index >= 15 is 0 Å². The summed E-state index contributed by atoms with van der Waals surface area (Å²) in [6.07, 6.45) is 0.845. The lowest BCUT2D eigenvalue weighted by Crippen LogP contribution is -2.39. The van der Waals surface area contributed by atoms with Crippen LogP contribution in [0.2, 0.25) is 5.02 Å². The third-order valence-corrected chi connectivity index (χ3v) is 4.50. The monoisotopic (exact) mass is 387 g/mol. The largest absolute Gasteiger partial charge is 0.348 e. The average Bonchev–Trinajstić information content (AvgIpc) is 2.62. The van der Waals surface area contributed by atoms with Crippen LogP contribution in [-0.4, -0.2) is 36.9 Å². The van der Waals surface area contributed by atoms with E-state index in [-0.39, 0.29) is 30.9 Å². The number of hydrogen-bond acceptors (Lipinski definition) is 3. The maximum absolute atomic E-state index is 12.3. The van der Waals surface area contributed by atoms with E-state index in [0.717, 1.165) is 23.2 Å². The van der Waals surface area contributed by atoms with Gasteiger partial charge in [-0.3, -0.25) is 14.5 Å². The molecule has 0 fully saturated rings. The molecule has 5 nitrogen and oxygen atoms in total. The van der Waals surface area contributed by atoms with Gasteiger partial charge in [-0.15, -0.1) is 0 Å². The topological polar surface area (TPSA) is 61.4 Å². The minimum atomic E-state index is -0.142. The van der Waals surface area contributed by atoms with Gasteiger partial charge in [0.05, 0.1) is 19.1 Å². The van der Waals surface area contributed by atoms with Crippen molar-refractivity contribution in [2.45, 2.75) is 26.3 Å². The van der Waals surface area contributed by atoms with Crippen LogP contribution in [0.4, 0.5) is 5.69 Å². The molecule has 2 aromatic carbocycles. The Hall–Kier alpha value is -2.37. The molecule has 6 heteroatoms. The molecule has 27 heavy (non-hydrogen) atoms. The molecule has 2 N–H and O–H groups in total. The molecule has 0 aliphatic rings. The molecule has 1 atom stereocenters. The van der Waals surface area contributed by atoms with Gasteiger partial charge in [-0.1, -0.05) is 48.9 Å². The van der Waals surface area contributed by atoms with Crippen LogP contribution in [0.15, 0.2) is 48.5 Å². The van der Waals surface area contributed by atoms with Crippen LogP contribution in [0.3, 0.4) is 0 Å². The smallest absolute Gasteiger partial charge is 0.238 e. The highest BCUT2D eigenvalue weighted by atomic mass is 35.5. The zero-order chi connectivity index (χ0) is 19.8. The molecule has 0 radical (unpaired) electrons.